The molecule has 0 fully saturated rings. The molecule has 0 radical (unpaired) electrons. The summed E-state index contributed by atoms with van der Waals surface area (Å²) >= 11 is 0. The highest BCUT2D eigenvalue weighted by Crippen LogP contribution is 2.12. The number of nitrogens with one attached hydrogen (secondary N) is 2. The lowest BCUT2D eigenvalue weighted by Gasteiger charge is -2.04. The fourth-order valence-corrected chi connectivity index (χ4v) is 2.03. The van der Waals surface area contributed by atoms with Gasteiger partial charge >= 0.3 is 5.56 Å². The Balaban J connectivity index is 2.27. The molecule has 23 heavy (non-hydrogen) atoms. The SMILES string of the molecule is CN=Nc1c(C)[nH]n(-c2ncnc(NCCS(=O)(=O)O)n2)c1=O. The predicted octanol–water partition coefficient (Wildman–Crippen LogP) is -0.328. The molecule has 124 valence electrons. The number of nitrogens with zero attached hydrogens (tertiary/aromatic N) is 6. The van der Waals surface area contributed by atoms with Crippen LogP contribution in [0.5, 0.6) is 0 Å². The molecule has 3 N–H and O–H groups in total. The summed E-state index contributed by atoms with van der Waals surface area (Å²) in [5.41, 5.74) is 0.138. The largest absolute Gasteiger partial charge is 0.353 e. The summed E-state index contributed by atoms with van der Waals surface area (Å²) in [6, 6.07) is 0. The number of aromatic amines is 1. The Morgan fingerprint density at radius 2 is 2.17 bits per heavy atom. The van der Waals surface area contributed by atoms with Crippen LogP contribution in [0, 0.1) is 6.92 Å². The summed E-state index contributed by atoms with van der Waals surface area (Å²) in [5, 5.41) is 12.7. The molecule has 0 spiro atoms. The van der Waals surface area contributed by atoms with E-state index >= 15 is 0 Å². The van der Waals surface area contributed by atoms with Gasteiger partial charge in [0.25, 0.3) is 16.1 Å². The van der Waals surface area contributed by atoms with Crippen molar-refractivity contribution >= 4 is 21.8 Å². The van der Waals surface area contributed by atoms with Crippen molar-refractivity contribution in [1.82, 2.24) is 24.7 Å². The van der Waals surface area contributed by atoms with Gasteiger partial charge in [0.2, 0.25) is 5.95 Å². The molecule has 0 aliphatic rings. The maximum atomic E-state index is 12.2. The van der Waals surface area contributed by atoms with Crippen LogP contribution in [-0.2, 0) is 10.1 Å². The average molecular weight is 342 g/mol. The van der Waals surface area contributed by atoms with Crippen molar-refractivity contribution in [3.8, 4) is 5.95 Å². The molecule has 0 bridgehead atoms. The highest BCUT2D eigenvalue weighted by molar-refractivity contribution is 7.85. The van der Waals surface area contributed by atoms with E-state index in [0.717, 1.165) is 11.0 Å². The molecule has 2 aromatic rings. The highest BCUT2D eigenvalue weighted by atomic mass is 32.2. The van der Waals surface area contributed by atoms with Crippen molar-refractivity contribution in [1.29, 1.82) is 0 Å². The van der Waals surface area contributed by atoms with Crippen LogP contribution >= 0.6 is 0 Å². The number of azo groups is 1. The Morgan fingerprint density at radius 1 is 1.43 bits per heavy atom. The van der Waals surface area contributed by atoms with Crippen molar-refractivity contribution < 1.29 is 13.0 Å². The molecule has 0 amide bonds. The van der Waals surface area contributed by atoms with Crippen LogP contribution in [0.25, 0.3) is 5.95 Å². The van der Waals surface area contributed by atoms with Gasteiger partial charge in [0.1, 0.15) is 6.33 Å². The third-order valence-corrected chi connectivity index (χ3v) is 3.36. The zero-order chi connectivity index (χ0) is 17.0. The molecule has 0 aromatic carbocycles. The summed E-state index contributed by atoms with van der Waals surface area (Å²) in [6.07, 6.45) is 1.15. The fraction of sp³-hybridized carbons (Fsp3) is 0.400. The molecule has 0 aliphatic carbocycles. The Bertz CT molecular complexity index is 885. The first-order valence-electron chi connectivity index (χ1n) is 6.31. The number of aromatic nitrogens is 5. The first kappa shape index (κ1) is 16.7. The van der Waals surface area contributed by atoms with E-state index in [1.165, 1.54) is 7.05 Å². The first-order chi connectivity index (χ1) is 10.8. The van der Waals surface area contributed by atoms with Crippen LogP contribution in [0.4, 0.5) is 11.6 Å². The van der Waals surface area contributed by atoms with Crippen molar-refractivity contribution in [2.75, 3.05) is 24.7 Å². The van der Waals surface area contributed by atoms with E-state index in [1.807, 2.05) is 0 Å². The number of rotatable bonds is 6. The summed E-state index contributed by atoms with van der Waals surface area (Å²) in [6.45, 7) is 1.55. The summed E-state index contributed by atoms with van der Waals surface area (Å²) in [7, 11) is -2.65. The smallest absolute Gasteiger partial charge is 0.301 e. The molecule has 13 heteroatoms. The van der Waals surface area contributed by atoms with Gasteiger partial charge in [-0.3, -0.25) is 14.4 Å². The second-order valence-electron chi connectivity index (χ2n) is 4.35. The minimum atomic E-state index is -4.09. The van der Waals surface area contributed by atoms with Gasteiger partial charge in [-0.1, -0.05) is 0 Å². The molecular weight excluding hydrogens is 328 g/mol. The van der Waals surface area contributed by atoms with Gasteiger partial charge < -0.3 is 5.32 Å². The average Bonchev–Trinajstić information content (AvgIpc) is 2.75. The first-order valence-corrected chi connectivity index (χ1v) is 7.92. The zero-order valence-electron chi connectivity index (χ0n) is 12.3. The molecular formula is C10H14N8O4S. The van der Waals surface area contributed by atoms with Gasteiger partial charge in [-0.15, -0.1) is 5.11 Å². The molecule has 0 saturated heterocycles. The molecule has 0 saturated carbocycles. The van der Waals surface area contributed by atoms with Crippen LogP contribution in [0.3, 0.4) is 0 Å². The van der Waals surface area contributed by atoms with E-state index in [4.69, 9.17) is 4.55 Å². The van der Waals surface area contributed by atoms with Gasteiger partial charge in [-0.05, 0) is 6.92 Å². The molecule has 2 rings (SSSR count). The van der Waals surface area contributed by atoms with Crippen LogP contribution in [0.15, 0.2) is 21.4 Å². The monoisotopic (exact) mass is 342 g/mol. The summed E-state index contributed by atoms with van der Waals surface area (Å²) in [5.74, 6) is -0.451. The van der Waals surface area contributed by atoms with E-state index in [-0.39, 0.29) is 24.1 Å². The van der Waals surface area contributed by atoms with E-state index in [1.54, 1.807) is 6.92 Å². The van der Waals surface area contributed by atoms with Gasteiger partial charge in [0.05, 0.1) is 11.4 Å². The normalized spacial score (nSPS) is 12.0. The van der Waals surface area contributed by atoms with Gasteiger partial charge in [-0.25, -0.2) is 4.98 Å². The Labute approximate surface area is 130 Å². The predicted molar refractivity (Wildman–Crippen MR) is 79.9 cm³/mol. The lowest BCUT2D eigenvalue weighted by atomic mass is 10.4. The van der Waals surface area contributed by atoms with Crippen LogP contribution in [-0.4, -0.2) is 57.0 Å². The zero-order valence-corrected chi connectivity index (χ0v) is 13.1. The topological polar surface area (TPSA) is 168 Å². The van der Waals surface area contributed by atoms with E-state index < -0.39 is 21.4 Å². The lowest BCUT2D eigenvalue weighted by Crippen LogP contribution is -2.20. The number of hydrogen-bond acceptors (Lipinski definition) is 9. The third-order valence-electron chi connectivity index (χ3n) is 2.64. The number of aryl methyl sites for hydroxylation is 1. The van der Waals surface area contributed by atoms with E-state index in [0.29, 0.717) is 5.69 Å². The molecule has 12 nitrogen and oxygen atoms in total. The van der Waals surface area contributed by atoms with Crippen molar-refractivity contribution in [2.24, 2.45) is 10.2 Å². The second-order valence-corrected chi connectivity index (χ2v) is 5.92. The number of anilines is 1. The maximum Gasteiger partial charge on any atom is 0.301 e. The van der Waals surface area contributed by atoms with Crippen molar-refractivity contribution in [3.05, 3.63) is 22.4 Å². The molecule has 0 atom stereocenters. The van der Waals surface area contributed by atoms with Gasteiger partial charge in [0, 0.05) is 13.6 Å². The third kappa shape index (κ3) is 4.17. The van der Waals surface area contributed by atoms with Crippen molar-refractivity contribution in [2.45, 2.75) is 6.92 Å². The van der Waals surface area contributed by atoms with Gasteiger partial charge in [-0.2, -0.15) is 28.2 Å². The van der Waals surface area contributed by atoms with Crippen LogP contribution in [0.1, 0.15) is 5.69 Å². The van der Waals surface area contributed by atoms with E-state index in [2.05, 4.69) is 35.6 Å². The van der Waals surface area contributed by atoms with Crippen LogP contribution in [0.2, 0.25) is 0 Å². The second kappa shape index (κ2) is 6.62. The molecule has 2 aromatic heterocycles. The minimum absolute atomic E-state index is 0.00000803. The fourth-order valence-electron chi connectivity index (χ4n) is 1.67. The highest BCUT2D eigenvalue weighted by Gasteiger charge is 2.14. The molecule has 2 heterocycles. The Morgan fingerprint density at radius 3 is 2.83 bits per heavy atom. The number of hydrogen-bond donors (Lipinski definition) is 3. The quantitative estimate of drug-likeness (QED) is 0.473. The maximum absolute atomic E-state index is 12.2. The lowest BCUT2D eigenvalue weighted by molar-refractivity contribution is 0.484. The number of H-pyrrole nitrogens is 1. The summed E-state index contributed by atoms with van der Waals surface area (Å²) < 4.78 is 31.0. The summed E-state index contributed by atoms with van der Waals surface area (Å²) in [4.78, 5) is 23.8. The van der Waals surface area contributed by atoms with Crippen LogP contribution < -0.4 is 10.9 Å². The Kier molecular flexibility index (Phi) is 4.80. The van der Waals surface area contributed by atoms with Gasteiger partial charge in [0.15, 0.2) is 5.69 Å². The Hall–Kier alpha value is -2.67. The van der Waals surface area contributed by atoms with E-state index in [9.17, 15) is 13.2 Å². The minimum Gasteiger partial charge on any atom is -0.353 e. The molecule has 0 aliphatic heterocycles. The standard InChI is InChI=1S/C10H14N8O4S/c1-6-7(16-11-2)8(19)18(17-6)10-14-5-13-9(15-10)12-3-4-23(20,21)22/h5,17H,3-4H2,1-2H3,(H,20,21,22)(H,12,13,14,15). The molecule has 0 unspecified atom stereocenters. The van der Waals surface area contributed by atoms with Crippen molar-refractivity contribution in [3.63, 3.8) is 0 Å².